The first-order chi connectivity index (χ1) is 8.38. The highest BCUT2D eigenvalue weighted by atomic mass is 14.9. The zero-order valence-electron chi connectivity index (χ0n) is 10.9. The lowest BCUT2D eigenvalue weighted by atomic mass is 9.96. The molecule has 0 unspecified atom stereocenters. The summed E-state index contributed by atoms with van der Waals surface area (Å²) in [4.78, 5) is 7.72. The molecule has 0 aliphatic carbocycles. The quantitative estimate of drug-likeness (QED) is 0.559. The van der Waals surface area contributed by atoms with Crippen molar-refractivity contribution in [1.82, 2.24) is 9.97 Å². The molecule has 1 aromatic heterocycles. The first-order valence-corrected chi connectivity index (χ1v) is 5.88. The number of benzene rings is 1. The van der Waals surface area contributed by atoms with E-state index in [-0.39, 0.29) is 11.3 Å². The van der Waals surface area contributed by atoms with Gasteiger partial charge in [0, 0.05) is 11.0 Å². The Labute approximate surface area is 107 Å². The molecule has 0 saturated heterocycles. The molecular formula is C14H18N4. The molecule has 18 heavy (non-hydrogen) atoms. The third-order valence-electron chi connectivity index (χ3n) is 2.79. The lowest BCUT2D eigenvalue weighted by molar-refractivity contribution is 0.553. The van der Waals surface area contributed by atoms with Crippen LogP contribution in [-0.4, -0.2) is 15.8 Å². The van der Waals surface area contributed by atoms with Gasteiger partial charge in [-0.15, -0.1) is 0 Å². The van der Waals surface area contributed by atoms with Crippen LogP contribution in [0.5, 0.6) is 0 Å². The molecular weight excluding hydrogens is 224 g/mol. The summed E-state index contributed by atoms with van der Waals surface area (Å²) in [5.74, 6) is 1.05. The van der Waals surface area contributed by atoms with E-state index in [2.05, 4.69) is 30.7 Å². The molecule has 0 saturated carbocycles. The molecule has 2 rings (SSSR count). The summed E-state index contributed by atoms with van der Waals surface area (Å²) < 4.78 is 0. The predicted molar refractivity (Wildman–Crippen MR) is 73.7 cm³/mol. The molecule has 0 spiro atoms. The second-order valence-corrected chi connectivity index (χ2v) is 5.39. The second-order valence-electron chi connectivity index (χ2n) is 5.39. The predicted octanol–water partition coefficient (Wildman–Crippen LogP) is 2.66. The maximum Gasteiger partial charge on any atom is 0.122 e. The number of nitrogens with two attached hydrogens (primary N) is 1. The summed E-state index contributed by atoms with van der Waals surface area (Å²) in [6.07, 6.45) is 1.84. The summed E-state index contributed by atoms with van der Waals surface area (Å²) in [5.41, 5.74) is 8.20. The van der Waals surface area contributed by atoms with Crippen molar-refractivity contribution >= 4 is 5.84 Å². The van der Waals surface area contributed by atoms with Crippen molar-refractivity contribution < 1.29 is 0 Å². The zero-order valence-corrected chi connectivity index (χ0v) is 10.9. The molecule has 0 aliphatic heterocycles. The SMILES string of the molecule is CC(C)(C)c1ncc(-c2ccc(C(=N)N)cc2)[nH]1. The van der Waals surface area contributed by atoms with Gasteiger partial charge in [0.1, 0.15) is 11.7 Å². The highest BCUT2D eigenvalue weighted by Gasteiger charge is 2.17. The number of nitrogens with zero attached hydrogens (tertiary/aromatic N) is 1. The van der Waals surface area contributed by atoms with Gasteiger partial charge in [-0.25, -0.2) is 4.98 Å². The molecule has 94 valence electrons. The van der Waals surface area contributed by atoms with Gasteiger partial charge in [0.25, 0.3) is 0 Å². The lowest BCUT2D eigenvalue weighted by Gasteiger charge is -2.14. The van der Waals surface area contributed by atoms with E-state index >= 15 is 0 Å². The normalized spacial score (nSPS) is 11.5. The fourth-order valence-corrected chi connectivity index (χ4v) is 1.68. The minimum Gasteiger partial charge on any atom is -0.384 e. The molecule has 0 fully saturated rings. The lowest BCUT2D eigenvalue weighted by Crippen LogP contribution is -2.13. The van der Waals surface area contributed by atoms with Crippen molar-refractivity contribution in [2.24, 2.45) is 5.73 Å². The number of nitrogens with one attached hydrogen (secondary N) is 2. The van der Waals surface area contributed by atoms with Gasteiger partial charge < -0.3 is 10.7 Å². The monoisotopic (exact) mass is 242 g/mol. The Morgan fingerprint density at radius 3 is 2.28 bits per heavy atom. The van der Waals surface area contributed by atoms with Crippen molar-refractivity contribution in [2.45, 2.75) is 26.2 Å². The van der Waals surface area contributed by atoms with Crippen LogP contribution >= 0.6 is 0 Å². The van der Waals surface area contributed by atoms with E-state index < -0.39 is 0 Å². The highest BCUT2D eigenvalue weighted by molar-refractivity contribution is 5.95. The number of hydrogen-bond donors (Lipinski definition) is 3. The van der Waals surface area contributed by atoms with E-state index in [9.17, 15) is 0 Å². The maximum absolute atomic E-state index is 7.35. The highest BCUT2D eigenvalue weighted by Crippen LogP contribution is 2.23. The number of aromatic nitrogens is 2. The minimum atomic E-state index is 0.0115. The average Bonchev–Trinajstić information content (AvgIpc) is 2.78. The Kier molecular flexibility index (Phi) is 2.95. The molecule has 4 heteroatoms. The van der Waals surface area contributed by atoms with Crippen LogP contribution in [0.4, 0.5) is 0 Å². The van der Waals surface area contributed by atoms with Crippen LogP contribution in [0.2, 0.25) is 0 Å². The van der Waals surface area contributed by atoms with Crippen molar-refractivity contribution in [3.8, 4) is 11.3 Å². The van der Waals surface area contributed by atoms with Crippen LogP contribution in [0.25, 0.3) is 11.3 Å². The molecule has 1 heterocycles. The molecule has 2 aromatic rings. The van der Waals surface area contributed by atoms with E-state index in [1.807, 2.05) is 30.5 Å². The second kappa shape index (κ2) is 4.29. The van der Waals surface area contributed by atoms with Crippen molar-refractivity contribution in [2.75, 3.05) is 0 Å². The molecule has 0 amide bonds. The number of rotatable bonds is 2. The Morgan fingerprint density at radius 1 is 1.22 bits per heavy atom. The zero-order chi connectivity index (χ0) is 13.3. The van der Waals surface area contributed by atoms with Gasteiger partial charge in [-0.2, -0.15) is 0 Å². The number of aromatic amines is 1. The van der Waals surface area contributed by atoms with Gasteiger partial charge in [-0.05, 0) is 5.56 Å². The first kappa shape index (κ1) is 12.4. The fraction of sp³-hybridized carbons (Fsp3) is 0.286. The van der Waals surface area contributed by atoms with E-state index in [4.69, 9.17) is 11.1 Å². The van der Waals surface area contributed by atoms with Crippen LogP contribution in [-0.2, 0) is 5.41 Å². The third kappa shape index (κ3) is 2.42. The smallest absolute Gasteiger partial charge is 0.122 e. The maximum atomic E-state index is 7.35. The van der Waals surface area contributed by atoms with Crippen LogP contribution in [0, 0.1) is 5.41 Å². The standard InChI is InChI=1S/C14H18N4/c1-14(2,3)13-17-8-11(18-13)9-4-6-10(7-5-9)12(15)16/h4-8H,1-3H3,(H3,15,16)(H,17,18). The van der Waals surface area contributed by atoms with Gasteiger partial charge in [-0.1, -0.05) is 45.0 Å². The van der Waals surface area contributed by atoms with E-state index in [0.29, 0.717) is 0 Å². The Hall–Kier alpha value is -2.10. The molecule has 4 N–H and O–H groups in total. The molecule has 0 radical (unpaired) electrons. The molecule has 0 atom stereocenters. The Morgan fingerprint density at radius 2 is 1.83 bits per heavy atom. The topological polar surface area (TPSA) is 78.6 Å². The Bertz CT molecular complexity index is 558. The third-order valence-corrected chi connectivity index (χ3v) is 2.79. The average molecular weight is 242 g/mol. The van der Waals surface area contributed by atoms with Crippen LogP contribution < -0.4 is 5.73 Å². The van der Waals surface area contributed by atoms with Gasteiger partial charge in [-0.3, -0.25) is 5.41 Å². The molecule has 1 aromatic carbocycles. The van der Waals surface area contributed by atoms with Gasteiger partial charge in [0.2, 0.25) is 0 Å². The molecule has 0 bridgehead atoms. The van der Waals surface area contributed by atoms with E-state index in [0.717, 1.165) is 22.6 Å². The fourth-order valence-electron chi connectivity index (χ4n) is 1.68. The summed E-state index contributed by atoms with van der Waals surface area (Å²) in [6.45, 7) is 6.36. The number of imidazole rings is 1. The Balaban J connectivity index is 2.32. The van der Waals surface area contributed by atoms with Gasteiger partial charge in [0.05, 0.1) is 11.9 Å². The first-order valence-electron chi connectivity index (χ1n) is 5.88. The number of H-pyrrole nitrogens is 1. The minimum absolute atomic E-state index is 0.0115. The number of hydrogen-bond acceptors (Lipinski definition) is 2. The summed E-state index contributed by atoms with van der Waals surface area (Å²) >= 11 is 0. The van der Waals surface area contributed by atoms with E-state index in [1.54, 1.807) is 0 Å². The van der Waals surface area contributed by atoms with Crippen LogP contribution in [0.1, 0.15) is 32.2 Å². The number of nitrogen functional groups attached to an aromatic ring is 1. The van der Waals surface area contributed by atoms with Crippen molar-refractivity contribution in [3.05, 3.63) is 41.9 Å². The van der Waals surface area contributed by atoms with Crippen molar-refractivity contribution in [3.63, 3.8) is 0 Å². The van der Waals surface area contributed by atoms with Gasteiger partial charge in [0.15, 0.2) is 0 Å². The van der Waals surface area contributed by atoms with Gasteiger partial charge >= 0.3 is 0 Å². The van der Waals surface area contributed by atoms with Crippen LogP contribution in [0.3, 0.4) is 0 Å². The largest absolute Gasteiger partial charge is 0.384 e. The summed E-state index contributed by atoms with van der Waals surface area (Å²) in [7, 11) is 0. The van der Waals surface area contributed by atoms with E-state index in [1.165, 1.54) is 0 Å². The molecule has 4 nitrogen and oxygen atoms in total. The number of amidine groups is 1. The summed E-state index contributed by atoms with van der Waals surface area (Å²) in [5, 5.41) is 7.35. The summed E-state index contributed by atoms with van der Waals surface area (Å²) in [6, 6.07) is 7.57. The molecule has 0 aliphatic rings. The van der Waals surface area contributed by atoms with Crippen LogP contribution in [0.15, 0.2) is 30.5 Å². The van der Waals surface area contributed by atoms with Crippen molar-refractivity contribution in [1.29, 1.82) is 5.41 Å².